The summed E-state index contributed by atoms with van der Waals surface area (Å²) in [6, 6.07) is 0. The predicted molar refractivity (Wildman–Crippen MR) is 134 cm³/mol. The number of likely N-dealkylation sites (tertiary alicyclic amines) is 1. The molecule has 2 aliphatic heterocycles. The third-order valence-electron chi connectivity index (χ3n) is 8.04. The highest BCUT2D eigenvalue weighted by Gasteiger charge is 2.48. The highest BCUT2D eigenvalue weighted by atomic mass is 16.5. The van der Waals surface area contributed by atoms with Crippen molar-refractivity contribution in [2.45, 2.75) is 95.1 Å². The van der Waals surface area contributed by atoms with Gasteiger partial charge in [0.25, 0.3) is 5.91 Å². The lowest BCUT2D eigenvalue weighted by Crippen LogP contribution is -2.51. The van der Waals surface area contributed by atoms with Crippen LogP contribution in [0.4, 0.5) is 0 Å². The number of nitrogens with zero attached hydrogens (tertiary/aromatic N) is 5. The van der Waals surface area contributed by atoms with Crippen molar-refractivity contribution in [3.8, 4) is 0 Å². The minimum atomic E-state index is -0.893. The van der Waals surface area contributed by atoms with Gasteiger partial charge in [-0.05, 0) is 82.6 Å². The van der Waals surface area contributed by atoms with E-state index in [9.17, 15) is 4.79 Å². The molecular formula is C26H41N5O4. The van der Waals surface area contributed by atoms with Crippen LogP contribution in [0.15, 0.2) is 21.3 Å². The lowest BCUT2D eigenvalue weighted by Gasteiger charge is -2.35. The molecule has 0 aromatic heterocycles. The van der Waals surface area contributed by atoms with Crippen molar-refractivity contribution < 1.29 is 19.4 Å². The number of piperidine rings is 1. The van der Waals surface area contributed by atoms with E-state index >= 15 is 0 Å². The molecule has 0 bridgehead atoms. The number of carbonyl (C=O) groups is 1. The summed E-state index contributed by atoms with van der Waals surface area (Å²) in [6.45, 7) is 3.05. The smallest absolute Gasteiger partial charge is 0.254 e. The molecule has 1 atom stereocenters. The zero-order chi connectivity index (χ0) is 24.5. The number of aliphatic hydroxyl groups excluding tert-OH is 1. The van der Waals surface area contributed by atoms with Crippen LogP contribution in [-0.2, 0) is 14.3 Å². The van der Waals surface area contributed by atoms with E-state index in [1.807, 2.05) is 4.90 Å². The standard InChI is InChI=1S/C26H41N5O4/c27-30-28-18-22-8-3-2-7-21(22)17-26(25(33)31-13-4-1-5-14-31)19-35-24(29-26)20-9-11-23(12-10-20)34-16-6-15-32/h20,23,32H,1-19H2/t20?,23?,26-/m1/s1. The highest BCUT2D eigenvalue weighted by molar-refractivity contribution is 5.93. The van der Waals surface area contributed by atoms with Crippen LogP contribution in [0.3, 0.4) is 0 Å². The Hall–Kier alpha value is -2.09. The Balaban J connectivity index is 1.52. The van der Waals surface area contributed by atoms with Crippen molar-refractivity contribution in [1.82, 2.24) is 4.90 Å². The summed E-state index contributed by atoms with van der Waals surface area (Å²) in [7, 11) is 0. The summed E-state index contributed by atoms with van der Waals surface area (Å²) in [4.78, 5) is 24.0. The van der Waals surface area contributed by atoms with Gasteiger partial charge >= 0.3 is 0 Å². The molecule has 2 aliphatic carbocycles. The second kappa shape index (κ2) is 12.7. The minimum Gasteiger partial charge on any atom is -0.478 e. The van der Waals surface area contributed by atoms with Crippen molar-refractivity contribution in [1.29, 1.82) is 0 Å². The first kappa shape index (κ1) is 26.0. The van der Waals surface area contributed by atoms with Gasteiger partial charge in [-0.15, -0.1) is 0 Å². The van der Waals surface area contributed by atoms with Gasteiger partial charge in [0, 0.05) is 50.1 Å². The number of hydrogen-bond acceptors (Lipinski definition) is 6. The molecule has 0 unspecified atom stereocenters. The molecule has 2 fully saturated rings. The largest absolute Gasteiger partial charge is 0.478 e. The molecule has 1 saturated heterocycles. The summed E-state index contributed by atoms with van der Waals surface area (Å²) in [5, 5.41) is 12.8. The first-order valence-electron chi connectivity index (χ1n) is 13.6. The summed E-state index contributed by atoms with van der Waals surface area (Å²) >= 11 is 0. The van der Waals surface area contributed by atoms with Crippen LogP contribution in [0.2, 0.25) is 0 Å². The molecular weight excluding hydrogens is 446 g/mol. The Morgan fingerprint density at radius 1 is 1.14 bits per heavy atom. The van der Waals surface area contributed by atoms with Crippen LogP contribution in [0.1, 0.15) is 83.5 Å². The zero-order valence-electron chi connectivity index (χ0n) is 21.0. The molecule has 35 heavy (non-hydrogen) atoms. The Morgan fingerprint density at radius 2 is 1.89 bits per heavy atom. The van der Waals surface area contributed by atoms with Gasteiger partial charge in [-0.1, -0.05) is 16.3 Å². The van der Waals surface area contributed by atoms with Crippen LogP contribution >= 0.6 is 0 Å². The van der Waals surface area contributed by atoms with Crippen LogP contribution in [0.25, 0.3) is 10.4 Å². The molecule has 2 heterocycles. The second-order valence-electron chi connectivity index (χ2n) is 10.5. The molecule has 194 valence electrons. The van der Waals surface area contributed by atoms with Crippen LogP contribution in [0, 0.1) is 5.92 Å². The van der Waals surface area contributed by atoms with Crippen molar-refractivity contribution in [3.63, 3.8) is 0 Å². The number of amides is 1. The topological polar surface area (TPSA) is 120 Å². The van der Waals surface area contributed by atoms with Crippen LogP contribution < -0.4 is 0 Å². The predicted octanol–water partition coefficient (Wildman–Crippen LogP) is 4.70. The van der Waals surface area contributed by atoms with E-state index in [-0.39, 0.29) is 24.5 Å². The number of hydrogen-bond donors (Lipinski definition) is 1. The van der Waals surface area contributed by atoms with Crippen molar-refractivity contribution in [2.75, 3.05) is 39.5 Å². The van der Waals surface area contributed by atoms with Gasteiger partial charge in [0.2, 0.25) is 0 Å². The van der Waals surface area contributed by atoms with Crippen LogP contribution in [-0.4, -0.2) is 72.9 Å². The van der Waals surface area contributed by atoms with Crippen molar-refractivity contribution in [2.24, 2.45) is 16.0 Å². The Labute approximate surface area is 208 Å². The quantitative estimate of drug-likeness (QED) is 0.158. The molecule has 1 saturated carbocycles. The Morgan fingerprint density at radius 3 is 2.60 bits per heavy atom. The molecule has 0 radical (unpaired) electrons. The first-order valence-corrected chi connectivity index (χ1v) is 13.6. The maximum Gasteiger partial charge on any atom is 0.254 e. The van der Waals surface area contributed by atoms with Gasteiger partial charge in [-0.3, -0.25) is 4.79 Å². The van der Waals surface area contributed by atoms with Crippen LogP contribution in [0.5, 0.6) is 0 Å². The molecule has 4 rings (SSSR count). The summed E-state index contributed by atoms with van der Waals surface area (Å²) < 4.78 is 12.1. The molecule has 0 spiro atoms. The van der Waals surface area contributed by atoms with Crippen molar-refractivity contribution in [3.05, 3.63) is 21.6 Å². The summed E-state index contributed by atoms with van der Waals surface area (Å²) in [5.74, 6) is 1.08. The van der Waals surface area contributed by atoms with Gasteiger partial charge in [0.15, 0.2) is 11.4 Å². The van der Waals surface area contributed by atoms with Gasteiger partial charge in [-0.2, -0.15) is 0 Å². The maximum absolute atomic E-state index is 13.9. The number of ether oxygens (including phenoxy) is 2. The van der Waals surface area contributed by atoms with Gasteiger partial charge in [0.05, 0.1) is 6.10 Å². The van der Waals surface area contributed by atoms with E-state index in [2.05, 4.69) is 10.0 Å². The number of carbonyl (C=O) groups excluding carboxylic acids is 1. The van der Waals surface area contributed by atoms with Gasteiger partial charge in [-0.25, -0.2) is 4.99 Å². The molecule has 4 aliphatic rings. The highest BCUT2D eigenvalue weighted by Crippen LogP contribution is 2.39. The number of aliphatic hydroxyl groups is 1. The van der Waals surface area contributed by atoms with E-state index < -0.39 is 5.54 Å². The van der Waals surface area contributed by atoms with E-state index in [0.717, 1.165) is 83.2 Å². The number of rotatable bonds is 10. The van der Waals surface area contributed by atoms with Gasteiger partial charge < -0.3 is 19.5 Å². The minimum absolute atomic E-state index is 0.106. The molecule has 1 N–H and O–H groups in total. The molecule has 9 heteroatoms. The molecule has 0 aromatic rings. The SMILES string of the molecule is [N-]=[N+]=NCC1=C(C[C@]2(C(=O)N3CCCCC3)COC(C3CCC(OCCCO)CC3)=N2)CCCC1. The van der Waals surface area contributed by atoms with E-state index in [1.165, 1.54) is 17.6 Å². The summed E-state index contributed by atoms with van der Waals surface area (Å²) in [5.41, 5.74) is 10.4. The lowest BCUT2D eigenvalue weighted by atomic mass is 9.82. The lowest BCUT2D eigenvalue weighted by molar-refractivity contribution is -0.138. The maximum atomic E-state index is 13.9. The zero-order valence-corrected chi connectivity index (χ0v) is 21.0. The molecule has 1 amide bonds. The van der Waals surface area contributed by atoms with E-state index in [1.54, 1.807) is 0 Å². The van der Waals surface area contributed by atoms with Gasteiger partial charge in [0.1, 0.15) is 6.61 Å². The monoisotopic (exact) mass is 487 g/mol. The molecule has 9 nitrogen and oxygen atoms in total. The summed E-state index contributed by atoms with van der Waals surface area (Å²) in [6.07, 6.45) is 12.6. The average molecular weight is 488 g/mol. The van der Waals surface area contributed by atoms with Crippen molar-refractivity contribution >= 4 is 11.8 Å². The van der Waals surface area contributed by atoms with E-state index in [0.29, 0.717) is 32.6 Å². The third kappa shape index (κ3) is 6.57. The average Bonchev–Trinajstić information content (AvgIpc) is 3.34. The fourth-order valence-corrected chi connectivity index (χ4v) is 6.04. The fraction of sp³-hybridized carbons (Fsp3) is 0.846. The Kier molecular flexibility index (Phi) is 9.46. The molecule has 0 aromatic carbocycles. The number of aliphatic imine (C=N–C) groups is 1. The third-order valence-corrected chi connectivity index (χ3v) is 8.04. The first-order chi connectivity index (χ1) is 17.1. The normalized spacial score (nSPS) is 29.4. The fourth-order valence-electron chi connectivity index (χ4n) is 6.04. The van der Waals surface area contributed by atoms with E-state index in [4.69, 9.17) is 25.1 Å². The number of azide groups is 1. The Bertz CT molecular complexity index is 839. The second-order valence-corrected chi connectivity index (χ2v) is 10.5.